The average Bonchev–Trinajstić information content (AvgIpc) is 3.23. The van der Waals surface area contributed by atoms with Gasteiger partial charge < -0.3 is 0 Å². The van der Waals surface area contributed by atoms with Crippen LogP contribution >= 0.6 is 11.8 Å². The molecule has 0 unspecified atom stereocenters. The van der Waals surface area contributed by atoms with Crippen molar-refractivity contribution in [1.29, 1.82) is 0 Å². The summed E-state index contributed by atoms with van der Waals surface area (Å²) < 4.78 is 14.7. The molecule has 1 fully saturated rings. The number of halogens is 1. The fourth-order valence-corrected chi connectivity index (χ4v) is 5.93. The second kappa shape index (κ2) is 7.75. The third-order valence-electron chi connectivity index (χ3n) is 6.64. The minimum Gasteiger partial charge on any atom is -0.293 e. The molecule has 158 valence electrons. The lowest BCUT2D eigenvalue weighted by molar-refractivity contribution is 0.102. The first-order valence-corrected chi connectivity index (χ1v) is 11.6. The van der Waals surface area contributed by atoms with Crippen LogP contribution in [-0.2, 0) is 18.9 Å². The Morgan fingerprint density at radius 1 is 1.13 bits per heavy atom. The number of Topliss-reactive ketones (excluding diaryl/α,β-unsaturated/α-hetero) is 1. The lowest BCUT2D eigenvalue weighted by atomic mass is 9.68. The molecule has 6 heteroatoms. The number of benzene rings is 2. The van der Waals surface area contributed by atoms with E-state index < -0.39 is 0 Å². The molecule has 1 saturated carbocycles. The van der Waals surface area contributed by atoms with Crippen molar-refractivity contribution in [2.45, 2.75) is 42.7 Å². The van der Waals surface area contributed by atoms with Crippen LogP contribution in [0, 0.1) is 5.82 Å². The van der Waals surface area contributed by atoms with E-state index in [0.717, 1.165) is 48.9 Å². The van der Waals surface area contributed by atoms with Crippen LogP contribution in [0.15, 0.2) is 58.5 Å². The van der Waals surface area contributed by atoms with Gasteiger partial charge >= 0.3 is 0 Å². The average molecular weight is 435 g/mol. The summed E-state index contributed by atoms with van der Waals surface area (Å²) in [5, 5.41) is 0.532. The van der Waals surface area contributed by atoms with Crippen molar-refractivity contribution >= 4 is 17.5 Å². The minimum atomic E-state index is -0.373. The molecule has 0 aliphatic heterocycles. The zero-order chi connectivity index (χ0) is 21.6. The smallest absolute Gasteiger partial charge is 0.258 e. The Morgan fingerprint density at radius 3 is 2.58 bits per heavy atom. The lowest BCUT2D eigenvalue weighted by Crippen LogP contribution is -2.39. The minimum absolute atomic E-state index is 0.00173. The molecule has 4 nitrogen and oxygen atoms in total. The molecule has 0 atom stereocenters. The second-order valence-corrected chi connectivity index (χ2v) is 9.46. The van der Waals surface area contributed by atoms with Gasteiger partial charge in [0.25, 0.3) is 5.56 Å². The summed E-state index contributed by atoms with van der Waals surface area (Å²) >= 11 is 1.26. The molecule has 0 N–H and O–H groups in total. The van der Waals surface area contributed by atoms with Crippen LogP contribution in [0.2, 0.25) is 0 Å². The van der Waals surface area contributed by atoms with Gasteiger partial charge in [-0.3, -0.25) is 14.2 Å². The molecular weight excluding hydrogens is 411 g/mol. The molecule has 1 spiro atoms. The number of thioether (sulfide) groups is 1. The largest absolute Gasteiger partial charge is 0.293 e. The molecular formula is C25H23FN2O2S. The van der Waals surface area contributed by atoms with Crippen LogP contribution in [0.25, 0.3) is 11.3 Å². The highest BCUT2D eigenvalue weighted by molar-refractivity contribution is 7.99. The van der Waals surface area contributed by atoms with Gasteiger partial charge in [0.1, 0.15) is 5.82 Å². The number of aromatic nitrogens is 2. The van der Waals surface area contributed by atoms with E-state index in [1.165, 1.54) is 41.6 Å². The number of carbonyl (C=O) groups excluding carboxylic acids is 1. The molecule has 1 aromatic heterocycles. The molecule has 2 aromatic carbocycles. The first-order chi connectivity index (χ1) is 15.0. The van der Waals surface area contributed by atoms with E-state index in [2.05, 4.69) is 6.07 Å². The molecule has 3 aromatic rings. The summed E-state index contributed by atoms with van der Waals surface area (Å²) in [5.41, 5.74) is 4.23. The summed E-state index contributed by atoms with van der Waals surface area (Å²) in [5.74, 6) is -0.357. The molecule has 5 rings (SSSR count). The predicted molar refractivity (Wildman–Crippen MR) is 120 cm³/mol. The van der Waals surface area contributed by atoms with Gasteiger partial charge in [-0.2, -0.15) is 0 Å². The highest BCUT2D eigenvalue weighted by Gasteiger charge is 2.44. The first kappa shape index (κ1) is 20.2. The summed E-state index contributed by atoms with van der Waals surface area (Å²) in [6.45, 7) is 0. The number of nitrogens with zero attached hydrogens (tertiary/aromatic N) is 2. The van der Waals surface area contributed by atoms with Crippen molar-refractivity contribution in [3.8, 4) is 11.3 Å². The van der Waals surface area contributed by atoms with E-state index in [1.54, 1.807) is 11.6 Å². The quantitative estimate of drug-likeness (QED) is 0.332. The monoisotopic (exact) mass is 434 g/mol. The van der Waals surface area contributed by atoms with Crippen molar-refractivity contribution in [3.05, 3.63) is 81.4 Å². The van der Waals surface area contributed by atoms with E-state index in [9.17, 15) is 14.0 Å². The van der Waals surface area contributed by atoms with Crippen LogP contribution in [-0.4, -0.2) is 21.1 Å². The van der Waals surface area contributed by atoms with Gasteiger partial charge in [0, 0.05) is 23.6 Å². The summed E-state index contributed by atoms with van der Waals surface area (Å²) in [4.78, 5) is 31.0. The third kappa shape index (κ3) is 3.43. The Labute approximate surface area is 184 Å². The van der Waals surface area contributed by atoms with Crippen molar-refractivity contribution in [1.82, 2.24) is 9.55 Å². The molecule has 0 radical (unpaired) electrons. The Hall–Kier alpha value is -2.73. The summed E-state index contributed by atoms with van der Waals surface area (Å²) in [6, 6.07) is 13.7. The summed E-state index contributed by atoms with van der Waals surface area (Å²) in [6.07, 6.45) is 5.19. The Balaban J connectivity index is 1.54. The predicted octanol–water partition coefficient (Wildman–Crippen LogP) is 4.93. The number of hydrogen-bond donors (Lipinski definition) is 0. The Kier molecular flexibility index (Phi) is 5.05. The van der Waals surface area contributed by atoms with Gasteiger partial charge in [0.05, 0.1) is 17.0 Å². The maximum absolute atomic E-state index is 13.5. The highest BCUT2D eigenvalue weighted by Crippen LogP contribution is 2.49. The maximum atomic E-state index is 13.5. The molecule has 31 heavy (non-hydrogen) atoms. The van der Waals surface area contributed by atoms with Gasteiger partial charge in [-0.15, -0.1) is 0 Å². The maximum Gasteiger partial charge on any atom is 0.258 e. The van der Waals surface area contributed by atoms with E-state index in [-0.39, 0.29) is 28.3 Å². The zero-order valence-corrected chi connectivity index (χ0v) is 18.2. The number of ketones is 1. The number of rotatable bonds is 4. The van der Waals surface area contributed by atoms with E-state index in [0.29, 0.717) is 10.7 Å². The zero-order valence-electron chi connectivity index (χ0n) is 17.4. The van der Waals surface area contributed by atoms with Gasteiger partial charge in [-0.05, 0) is 49.1 Å². The van der Waals surface area contributed by atoms with Crippen LogP contribution in [0.3, 0.4) is 0 Å². The topological polar surface area (TPSA) is 52.0 Å². The van der Waals surface area contributed by atoms with Gasteiger partial charge in [0.2, 0.25) is 0 Å². The Bertz CT molecular complexity index is 1230. The van der Waals surface area contributed by atoms with Gasteiger partial charge in [-0.1, -0.05) is 48.9 Å². The normalized spacial score (nSPS) is 16.2. The molecule has 0 saturated heterocycles. The first-order valence-electron chi connectivity index (χ1n) is 10.6. The van der Waals surface area contributed by atoms with E-state index in [4.69, 9.17) is 4.98 Å². The van der Waals surface area contributed by atoms with Crippen molar-refractivity contribution < 1.29 is 9.18 Å². The molecule has 2 aliphatic rings. The second-order valence-electron chi connectivity index (χ2n) is 8.52. The number of carbonyl (C=O) groups is 1. The lowest BCUT2D eigenvalue weighted by Gasteiger charge is -2.36. The SMILES string of the molecule is Cn1c(SCC(=O)c2ccc(F)cc2)nc2c(c1=O)C1(CCCC1)Cc1ccccc1-2. The van der Waals surface area contributed by atoms with Crippen molar-refractivity contribution in [2.75, 3.05) is 5.75 Å². The number of fused-ring (bicyclic) bond motifs is 4. The van der Waals surface area contributed by atoms with E-state index in [1.807, 2.05) is 18.2 Å². The van der Waals surface area contributed by atoms with E-state index >= 15 is 0 Å². The fraction of sp³-hybridized carbons (Fsp3) is 0.320. The van der Waals surface area contributed by atoms with Gasteiger partial charge in [0.15, 0.2) is 10.9 Å². The third-order valence-corrected chi connectivity index (χ3v) is 7.67. The van der Waals surface area contributed by atoms with Crippen LogP contribution < -0.4 is 5.56 Å². The standard InChI is InChI=1S/C25H23FN2O2S/c1-28-23(30)21-22(19-7-3-2-6-17(19)14-25(21)12-4-5-13-25)27-24(28)31-15-20(29)16-8-10-18(26)11-9-16/h2-3,6-11H,4-5,12-15H2,1H3. The highest BCUT2D eigenvalue weighted by atomic mass is 32.2. The van der Waals surface area contributed by atoms with Crippen LogP contribution in [0.1, 0.15) is 47.2 Å². The Morgan fingerprint density at radius 2 is 1.84 bits per heavy atom. The van der Waals surface area contributed by atoms with Crippen LogP contribution in [0.5, 0.6) is 0 Å². The number of hydrogen-bond acceptors (Lipinski definition) is 4. The molecule has 0 amide bonds. The van der Waals surface area contributed by atoms with Crippen LogP contribution in [0.4, 0.5) is 4.39 Å². The van der Waals surface area contributed by atoms with Crippen molar-refractivity contribution in [3.63, 3.8) is 0 Å². The van der Waals surface area contributed by atoms with Crippen molar-refractivity contribution in [2.24, 2.45) is 7.05 Å². The molecule has 0 bridgehead atoms. The molecule has 2 aliphatic carbocycles. The molecule has 1 heterocycles. The fourth-order valence-electron chi connectivity index (χ4n) is 5.07. The summed E-state index contributed by atoms with van der Waals surface area (Å²) in [7, 11) is 1.74. The van der Waals surface area contributed by atoms with Gasteiger partial charge in [-0.25, -0.2) is 9.37 Å².